The van der Waals surface area contributed by atoms with Crippen molar-refractivity contribution >= 4 is 17.4 Å². The van der Waals surface area contributed by atoms with Gasteiger partial charge in [0.1, 0.15) is 6.07 Å². The Morgan fingerprint density at radius 2 is 2.47 bits per heavy atom. The lowest BCUT2D eigenvalue weighted by Crippen LogP contribution is -2.32. The number of pyridine rings is 1. The molecule has 1 fully saturated rings. The Morgan fingerprint density at radius 1 is 1.68 bits per heavy atom. The first-order chi connectivity index (χ1) is 9.10. The standard InChI is InChI=1S/C11H11N5O3/c12-4-7-3-9(16(18)19)11(13-5-7)14-6-8-1-2-10(17)15-8/h3,5,8H,1-2,6H2,(H,13,14)(H,15,17). The highest BCUT2D eigenvalue weighted by Crippen LogP contribution is 2.22. The summed E-state index contributed by atoms with van der Waals surface area (Å²) in [6.07, 6.45) is 2.42. The number of nitrogens with one attached hydrogen (secondary N) is 2. The molecule has 0 aromatic carbocycles. The zero-order valence-electron chi connectivity index (χ0n) is 9.92. The van der Waals surface area contributed by atoms with E-state index < -0.39 is 4.92 Å². The fourth-order valence-electron chi connectivity index (χ4n) is 1.84. The van der Waals surface area contributed by atoms with E-state index in [1.54, 1.807) is 6.07 Å². The molecule has 0 radical (unpaired) electrons. The van der Waals surface area contributed by atoms with Crippen molar-refractivity contribution in [3.8, 4) is 6.07 Å². The Bertz CT molecular complexity index is 566. The van der Waals surface area contributed by atoms with Crippen LogP contribution in [0.2, 0.25) is 0 Å². The second-order valence-electron chi connectivity index (χ2n) is 4.14. The van der Waals surface area contributed by atoms with E-state index in [0.29, 0.717) is 19.4 Å². The van der Waals surface area contributed by atoms with Gasteiger partial charge < -0.3 is 10.6 Å². The average Bonchev–Trinajstić information content (AvgIpc) is 2.82. The molecule has 1 aliphatic rings. The Kier molecular flexibility index (Phi) is 3.56. The van der Waals surface area contributed by atoms with Crippen molar-refractivity contribution in [2.24, 2.45) is 0 Å². The smallest absolute Gasteiger partial charge is 0.312 e. The van der Waals surface area contributed by atoms with Crippen LogP contribution in [0.3, 0.4) is 0 Å². The number of hydrogen-bond donors (Lipinski definition) is 2. The van der Waals surface area contributed by atoms with Crippen molar-refractivity contribution in [1.82, 2.24) is 10.3 Å². The molecule has 2 N–H and O–H groups in total. The largest absolute Gasteiger partial charge is 0.362 e. The quantitative estimate of drug-likeness (QED) is 0.603. The topological polar surface area (TPSA) is 121 Å². The third kappa shape index (κ3) is 2.95. The summed E-state index contributed by atoms with van der Waals surface area (Å²) in [5.74, 6) is 0.0826. The number of carbonyl (C=O) groups excluding carboxylic acids is 1. The molecule has 8 heteroatoms. The van der Waals surface area contributed by atoms with Crippen LogP contribution >= 0.6 is 0 Å². The Balaban J connectivity index is 2.09. The fourth-order valence-corrected chi connectivity index (χ4v) is 1.84. The van der Waals surface area contributed by atoms with E-state index in [1.807, 2.05) is 0 Å². The lowest BCUT2D eigenvalue weighted by Gasteiger charge is -2.11. The van der Waals surface area contributed by atoms with Gasteiger partial charge in [-0.05, 0) is 6.42 Å². The number of anilines is 1. The average molecular weight is 261 g/mol. The van der Waals surface area contributed by atoms with Gasteiger partial charge >= 0.3 is 5.69 Å². The zero-order chi connectivity index (χ0) is 13.8. The van der Waals surface area contributed by atoms with Crippen LogP contribution < -0.4 is 10.6 Å². The molecule has 1 saturated heterocycles. The molecule has 0 bridgehead atoms. The first-order valence-electron chi connectivity index (χ1n) is 5.68. The van der Waals surface area contributed by atoms with Gasteiger partial charge in [0.15, 0.2) is 0 Å². The van der Waals surface area contributed by atoms with Gasteiger partial charge in [0, 0.05) is 31.3 Å². The minimum Gasteiger partial charge on any atom is -0.362 e. The van der Waals surface area contributed by atoms with Crippen molar-refractivity contribution in [1.29, 1.82) is 5.26 Å². The van der Waals surface area contributed by atoms with Crippen molar-refractivity contribution < 1.29 is 9.72 Å². The molecule has 0 saturated carbocycles. The summed E-state index contributed by atoms with van der Waals surface area (Å²) in [6.45, 7) is 0.367. The molecule has 2 rings (SSSR count). The van der Waals surface area contributed by atoms with Crippen molar-refractivity contribution in [3.05, 3.63) is 27.9 Å². The zero-order valence-corrected chi connectivity index (χ0v) is 9.92. The maximum absolute atomic E-state index is 11.0. The van der Waals surface area contributed by atoms with E-state index in [4.69, 9.17) is 5.26 Å². The summed E-state index contributed by atoms with van der Waals surface area (Å²) >= 11 is 0. The molecule has 98 valence electrons. The molecule has 1 amide bonds. The van der Waals surface area contributed by atoms with Crippen molar-refractivity contribution in [3.63, 3.8) is 0 Å². The van der Waals surface area contributed by atoms with Gasteiger partial charge in [0.25, 0.3) is 0 Å². The van der Waals surface area contributed by atoms with Gasteiger partial charge in [0.2, 0.25) is 11.7 Å². The van der Waals surface area contributed by atoms with Gasteiger partial charge in [-0.25, -0.2) is 4.98 Å². The molecule has 0 aliphatic carbocycles. The highest BCUT2D eigenvalue weighted by atomic mass is 16.6. The van der Waals surface area contributed by atoms with Gasteiger partial charge in [-0.3, -0.25) is 14.9 Å². The maximum atomic E-state index is 11.0. The highest BCUT2D eigenvalue weighted by Gasteiger charge is 2.22. The van der Waals surface area contributed by atoms with E-state index in [0.717, 1.165) is 0 Å². The molecule has 1 atom stereocenters. The van der Waals surface area contributed by atoms with Gasteiger partial charge in [0.05, 0.1) is 10.5 Å². The normalized spacial score (nSPS) is 17.6. The lowest BCUT2D eigenvalue weighted by molar-refractivity contribution is -0.384. The number of carbonyl (C=O) groups is 1. The van der Waals surface area contributed by atoms with Crippen LogP contribution in [0.1, 0.15) is 18.4 Å². The predicted octanol–water partition coefficient (Wildman–Crippen LogP) is 0.552. The van der Waals surface area contributed by atoms with Crippen LogP contribution in [0.5, 0.6) is 0 Å². The minimum absolute atomic E-state index is 0.0194. The SMILES string of the molecule is N#Cc1cnc(NCC2CCC(=O)N2)c([N+](=O)[O-])c1. The Hall–Kier alpha value is -2.69. The lowest BCUT2D eigenvalue weighted by atomic mass is 10.2. The molecule has 1 aromatic heterocycles. The van der Waals surface area contributed by atoms with Crippen LogP contribution in [-0.4, -0.2) is 28.4 Å². The molecule has 1 unspecified atom stereocenters. The summed E-state index contributed by atoms with van der Waals surface area (Å²) in [7, 11) is 0. The first kappa shape index (κ1) is 12.8. The van der Waals surface area contributed by atoms with Crippen LogP contribution in [0.4, 0.5) is 11.5 Å². The van der Waals surface area contributed by atoms with Gasteiger partial charge in [-0.1, -0.05) is 0 Å². The first-order valence-corrected chi connectivity index (χ1v) is 5.68. The van der Waals surface area contributed by atoms with Crippen LogP contribution in [0, 0.1) is 21.4 Å². The van der Waals surface area contributed by atoms with Crippen LogP contribution in [-0.2, 0) is 4.79 Å². The number of rotatable bonds is 4. The minimum atomic E-state index is -0.594. The Morgan fingerprint density at radius 3 is 3.05 bits per heavy atom. The molecule has 8 nitrogen and oxygen atoms in total. The maximum Gasteiger partial charge on any atom is 0.312 e. The highest BCUT2D eigenvalue weighted by molar-refractivity contribution is 5.78. The molecule has 1 aliphatic heterocycles. The fraction of sp³-hybridized carbons (Fsp3) is 0.364. The third-order valence-corrected chi connectivity index (χ3v) is 2.79. The van der Waals surface area contributed by atoms with Crippen molar-refractivity contribution in [2.45, 2.75) is 18.9 Å². The van der Waals surface area contributed by atoms with E-state index in [9.17, 15) is 14.9 Å². The number of hydrogen-bond acceptors (Lipinski definition) is 6. The monoisotopic (exact) mass is 261 g/mol. The molecular formula is C11H11N5O3. The summed E-state index contributed by atoms with van der Waals surface area (Å²) in [4.78, 5) is 25.2. The van der Waals surface area contributed by atoms with Crippen LogP contribution in [0.25, 0.3) is 0 Å². The van der Waals surface area contributed by atoms with E-state index in [1.165, 1.54) is 12.3 Å². The van der Waals surface area contributed by atoms with Gasteiger partial charge in [-0.15, -0.1) is 0 Å². The second kappa shape index (κ2) is 5.30. The number of nitrogens with zero attached hydrogens (tertiary/aromatic N) is 3. The second-order valence-corrected chi connectivity index (χ2v) is 4.14. The summed E-state index contributed by atoms with van der Waals surface area (Å²) in [5, 5.41) is 25.1. The van der Waals surface area contributed by atoms with E-state index in [2.05, 4.69) is 15.6 Å². The van der Waals surface area contributed by atoms with E-state index >= 15 is 0 Å². The molecule has 2 heterocycles. The third-order valence-electron chi connectivity index (χ3n) is 2.79. The van der Waals surface area contributed by atoms with Gasteiger partial charge in [-0.2, -0.15) is 5.26 Å². The number of aromatic nitrogens is 1. The molecule has 0 spiro atoms. The molecule has 19 heavy (non-hydrogen) atoms. The predicted molar refractivity (Wildman–Crippen MR) is 65.3 cm³/mol. The van der Waals surface area contributed by atoms with Crippen molar-refractivity contribution in [2.75, 3.05) is 11.9 Å². The summed E-state index contributed by atoms with van der Waals surface area (Å²) in [5.41, 5.74) is -0.116. The number of amides is 1. The molecule has 1 aromatic rings. The van der Waals surface area contributed by atoms with Crippen LogP contribution in [0.15, 0.2) is 12.3 Å². The number of nitriles is 1. The molecular weight excluding hydrogens is 250 g/mol. The Labute approximate surface area is 108 Å². The van der Waals surface area contributed by atoms with E-state index in [-0.39, 0.29) is 29.0 Å². The number of nitro groups is 1. The summed E-state index contributed by atoms with van der Waals surface area (Å²) in [6, 6.07) is 2.92. The summed E-state index contributed by atoms with van der Waals surface area (Å²) < 4.78 is 0.